The number of methoxy groups -OCH3 is 1. The third kappa shape index (κ3) is 2.86. The molecule has 7 heteroatoms. The number of nitrogens with two attached hydrogens (primary N) is 1. The second-order valence-corrected chi connectivity index (χ2v) is 7.48. The maximum Gasteiger partial charge on any atom is 0.241 e. The van der Waals surface area contributed by atoms with Gasteiger partial charge in [0.25, 0.3) is 0 Å². The van der Waals surface area contributed by atoms with E-state index in [-0.39, 0.29) is 10.9 Å². The number of rotatable bonds is 4. The predicted molar refractivity (Wildman–Crippen MR) is 80.7 cm³/mol. The first-order valence-corrected chi connectivity index (χ1v) is 8.66. The van der Waals surface area contributed by atoms with Crippen LogP contribution in [0, 0.1) is 5.92 Å². The number of ether oxygens (including phenoxy) is 1. The van der Waals surface area contributed by atoms with Crippen LogP contribution in [0.4, 0.5) is 5.69 Å². The molecule has 3 N–H and O–H groups in total. The van der Waals surface area contributed by atoms with Gasteiger partial charge in [0.05, 0.1) is 17.7 Å². The van der Waals surface area contributed by atoms with Crippen molar-refractivity contribution < 1.29 is 13.2 Å². The van der Waals surface area contributed by atoms with E-state index in [1.54, 1.807) is 6.07 Å². The zero-order valence-electron chi connectivity index (χ0n) is 12.1. The van der Waals surface area contributed by atoms with E-state index in [4.69, 9.17) is 10.5 Å². The Morgan fingerprint density at radius 3 is 2.62 bits per heavy atom. The summed E-state index contributed by atoms with van der Waals surface area (Å²) in [5.74, 6) is 0.826. The summed E-state index contributed by atoms with van der Waals surface area (Å²) in [6.07, 6.45) is 2.14. The molecule has 1 aromatic carbocycles. The summed E-state index contributed by atoms with van der Waals surface area (Å²) in [6, 6.07) is 4.55. The smallest absolute Gasteiger partial charge is 0.241 e. The maximum atomic E-state index is 12.5. The van der Waals surface area contributed by atoms with Crippen LogP contribution in [0.5, 0.6) is 5.75 Å². The van der Waals surface area contributed by atoms with Crippen LogP contribution in [0.2, 0.25) is 0 Å². The van der Waals surface area contributed by atoms with Gasteiger partial charge in [-0.2, -0.15) is 0 Å². The predicted octanol–water partition coefficient (Wildman–Crippen LogP) is 0.650. The van der Waals surface area contributed by atoms with Gasteiger partial charge in [-0.25, -0.2) is 13.1 Å². The minimum absolute atomic E-state index is 0.000970. The molecule has 4 rings (SSSR count). The molecule has 3 saturated heterocycles. The largest absolute Gasteiger partial charge is 0.495 e. The van der Waals surface area contributed by atoms with Crippen LogP contribution in [0.25, 0.3) is 0 Å². The van der Waals surface area contributed by atoms with Crippen LogP contribution >= 0.6 is 0 Å². The highest BCUT2D eigenvalue weighted by Gasteiger charge is 2.36. The molecule has 6 nitrogen and oxygen atoms in total. The van der Waals surface area contributed by atoms with Crippen molar-refractivity contribution in [1.82, 2.24) is 9.62 Å². The van der Waals surface area contributed by atoms with Crippen molar-refractivity contribution in [1.29, 1.82) is 0 Å². The van der Waals surface area contributed by atoms with E-state index < -0.39 is 10.0 Å². The van der Waals surface area contributed by atoms with Crippen molar-refractivity contribution in [2.75, 3.05) is 32.5 Å². The molecule has 1 unspecified atom stereocenters. The Balaban J connectivity index is 1.81. The first kappa shape index (κ1) is 14.6. The molecule has 2 bridgehead atoms. The number of hydrogen-bond acceptors (Lipinski definition) is 5. The number of anilines is 1. The Hall–Kier alpha value is -1.31. The zero-order valence-corrected chi connectivity index (χ0v) is 12.9. The van der Waals surface area contributed by atoms with Gasteiger partial charge in [-0.05, 0) is 44.0 Å². The number of fused-ring (bicyclic) bond motifs is 3. The standard InChI is InChI=1S/C14H21N3O3S/c1-20-14-8-11(2-3-12(14)15)21(18,19)16-13-9-17-6-4-10(13)5-7-17/h2-3,8,10,13,16H,4-7,9,15H2,1H3. The van der Waals surface area contributed by atoms with Gasteiger partial charge in [0.1, 0.15) is 5.75 Å². The summed E-state index contributed by atoms with van der Waals surface area (Å²) < 4.78 is 33.0. The molecule has 3 aliphatic rings. The Labute approximate surface area is 125 Å². The highest BCUT2D eigenvalue weighted by atomic mass is 32.2. The molecule has 21 heavy (non-hydrogen) atoms. The van der Waals surface area contributed by atoms with Crippen molar-refractivity contribution >= 4 is 15.7 Å². The maximum absolute atomic E-state index is 12.5. The number of piperidine rings is 3. The van der Waals surface area contributed by atoms with E-state index in [0.29, 0.717) is 17.4 Å². The summed E-state index contributed by atoms with van der Waals surface area (Å²) in [7, 11) is -2.07. The lowest BCUT2D eigenvalue weighted by atomic mass is 9.85. The van der Waals surface area contributed by atoms with E-state index in [1.165, 1.54) is 19.2 Å². The van der Waals surface area contributed by atoms with Crippen LogP contribution in [0.3, 0.4) is 0 Å². The highest BCUT2D eigenvalue weighted by molar-refractivity contribution is 7.89. The molecule has 1 atom stereocenters. The fourth-order valence-electron chi connectivity index (χ4n) is 3.22. The van der Waals surface area contributed by atoms with E-state index in [1.807, 2.05) is 0 Å². The summed E-state index contributed by atoms with van der Waals surface area (Å²) >= 11 is 0. The Morgan fingerprint density at radius 1 is 1.33 bits per heavy atom. The summed E-state index contributed by atoms with van der Waals surface area (Å²) in [5, 5.41) is 0. The van der Waals surface area contributed by atoms with Gasteiger partial charge < -0.3 is 15.4 Å². The summed E-state index contributed by atoms with van der Waals surface area (Å²) in [4.78, 5) is 2.52. The van der Waals surface area contributed by atoms with Gasteiger partial charge in [-0.15, -0.1) is 0 Å². The first-order valence-electron chi connectivity index (χ1n) is 7.18. The van der Waals surface area contributed by atoms with Crippen molar-refractivity contribution in [2.24, 2.45) is 5.92 Å². The van der Waals surface area contributed by atoms with Gasteiger partial charge in [-0.3, -0.25) is 0 Å². The molecular formula is C14H21N3O3S. The highest BCUT2D eigenvalue weighted by Crippen LogP contribution is 2.29. The zero-order chi connectivity index (χ0) is 15.0. The number of benzene rings is 1. The van der Waals surface area contributed by atoms with Crippen molar-refractivity contribution in [2.45, 2.75) is 23.8 Å². The molecule has 0 saturated carbocycles. The fraction of sp³-hybridized carbons (Fsp3) is 0.571. The molecule has 0 spiro atoms. The van der Waals surface area contributed by atoms with E-state index in [2.05, 4.69) is 9.62 Å². The SMILES string of the molecule is COc1cc(S(=O)(=O)NC2CN3CCC2CC3)ccc1N. The monoisotopic (exact) mass is 311 g/mol. The van der Waals surface area contributed by atoms with E-state index >= 15 is 0 Å². The van der Waals surface area contributed by atoms with Gasteiger partial charge in [-0.1, -0.05) is 0 Å². The topological polar surface area (TPSA) is 84.7 Å². The van der Waals surface area contributed by atoms with Crippen LogP contribution in [0.1, 0.15) is 12.8 Å². The van der Waals surface area contributed by atoms with Crippen LogP contribution in [-0.2, 0) is 10.0 Å². The molecule has 116 valence electrons. The quantitative estimate of drug-likeness (QED) is 0.798. The second kappa shape index (κ2) is 5.47. The minimum atomic E-state index is -3.54. The number of sulfonamides is 1. The van der Waals surface area contributed by atoms with Gasteiger partial charge >= 0.3 is 0 Å². The summed E-state index contributed by atoms with van der Waals surface area (Å²) in [6.45, 7) is 2.97. The molecule has 0 amide bonds. The third-order valence-electron chi connectivity index (χ3n) is 4.48. The van der Waals surface area contributed by atoms with E-state index in [9.17, 15) is 8.42 Å². The summed E-state index contributed by atoms with van der Waals surface area (Å²) in [5.41, 5.74) is 6.16. The number of nitrogens with zero attached hydrogens (tertiary/aromatic N) is 1. The first-order chi connectivity index (χ1) is 9.99. The Kier molecular flexibility index (Phi) is 3.81. The number of nitrogen functional groups attached to an aromatic ring is 1. The third-order valence-corrected chi connectivity index (χ3v) is 5.97. The molecule has 3 aliphatic heterocycles. The average molecular weight is 311 g/mol. The average Bonchev–Trinajstić information content (AvgIpc) is 2.48. The van der Waals surface area contributed by atoms with Crippen molar-refractivity contribution in [3.05, 3.63) is 18.2 Å². The van der Waals surface area contributed by atoms with Gasteiger partial charge in [0.15, 0.2) is 0 Å². The van der Waals surface area contributed by atoms with Crippen LogP contribution in [0.15, 0.2) is 23.1 Å². The molecule has 1 aromatic rings. The molecule has 3 heterocycles. The Bertz CT molecular complexity index is 624. The molecular weight excluding hydrogens is 290 g/mol. The molecule has 0 aliphatic carbocycles. The number of nitrogens with one attached hydrogen (secondary N) is 1. The normalized spacial score (nSPS) is 28.5. The van der Waals surface area contributed by atoms with Gasteiger partial charge in [0, 0.05) is 18.7 Å². The lowest BCUT2D eigenvalue weighted by Gasteiger charge is -2.44. The fourth-order valence-corrected chi connectivity index (χ4v) is 4.54. The van der Waals surface area contributed by atoms with Crippen LogP contribution in [-0.4, -0.2) is 46.1 Å². The van der Waals surface area contributed by atoms with Crippen molar-refractivity contribution in [3.8, 4) is 5.75 Å². The number of hydrogen-bond donors (Lipinski definition) is 2. The lowest BCUT2D eigenvalue weighted by Crippen LogP contribution is -2.57. The van der Waals surface area contributed by atoms with Crippen LogP contribution < -0.4 is 15.2 Å². The molecule has 0 radical (unpaired) electrons. The van der Waals surface area contributed by atoms with Crippen molar-refractivity contribution in [3.63, 3.8) is 0 Å². The molecule has 3 fully saturated rings. The Morgan fingerprint density at radius 2 is 2.05 bits per heavy atom. The van der Waals surface area contributed by atoms with Gasteiger partial charge in [0.2, 0.25) is 10.0 Å². The second-order valence-electron chi connectivity index (χ2n) is 5.77. The lowest BCUT2D eigenvalue weighted by molar-refractivity contribution is 0.0827. The van der Waals surface area contributed by atoms with E-state index in [0.717, 1.165) is 32.5 Å². The minimum Gasteiger partial charge on any atom is -0.495 e. The molecule has 0 aromatic heterocycles.